The van der Waals surface area contributed by atoms with Crippen LogP contribution in [0.4, 0.5) is 0 Å². The first-order chi connectivity index (χ1) is 5.63. The summed E-state index contributed by atoms with van der Waals surface area (Å²) < 4.78 is 10.2. The molecule has 0 spiro atoms. The molecule has 3 heteroatoms. The summed E-state index contributed by atoms with van der Waals surface area (Å²) in [6, 6.07) is 0. The first kappa shape index (κ1) is 11.6. The number of rotatable bonds is 7. The van der Waals surface area contributed by atoms with Gasteiger partial charge in [0.1, 0.15) is 0 Å². The third kappa shape index (κ3) is 9.62. The van der Waals surface area contributed by atoms with Crippen LogP contribution < -0.4 is 0 Å². The van der Waals surface area contributed by atoms with Gasteiger partial charge < -0.3 is 14.6 Å². The van der Waals surface area contributed by atoms with E-state index in [-0.39, 0.29) is 0 Å². The van der Waals surface area contributed by atoms with Crippen molar-refractivity contribution < 1.29 is 14.6 Å². The highest BCUT2D eigenvalue weighted by Crippen LogP contribution is 1.88. The second kappa shape index (κ2) is 7.28. The van der Waals surface area contributed by atoms with Crippen LogP contribution in [0.2, 0.25) is 0 Å². The van der Waals surface area contributed by atoms with Crippen LogP contribution >= 0.6 is 0 Å². The highest BCUT2D eigenvalue weighted by Gasteiger charge is 1.94. The maximum atomic E-state index is 8.82. The van der Waals surface area contributed by atoms with Crippen LogP contribution in [0, 0.1) is 0 Å². The molecule has 0 rings (SSSR count). The molecule has 0 bridgehead atoms. The Labute approximate surface area is 74.0 Å². The second-order valence-electron chi connectivity index (χ2n) is 2.93. The van der Waals surface area contributed by atoms with Gasteiger partial charge in [0.25, 0.3) is 0 Å². The van der Waals surface area contributed by atoms with Crippen molar-refractivity contribution >= 4 is 0 Å². The van der Waals surface area contributed by atoms with E-state index in [0.29, 0.717) is 26.4 Å². The predicted molar refractivity (Wildman–Crippen MR) is 48.1 cm³/mol. The Morgan fingerprint density at radius 3 is 2.50 bits per heavy atom. The van der Waals surface area contributed by atoms with Crippen LogP contribution in [0.25, 0.3) is 0 Å². The lowest BCUT2D eigenvalue weighted by molar-refractivity contribution is 0.0137. The Bertz CT molecular complexity index is 121. The molecule has 0 aromatic heterocycles. The van der Waals surface area contributed by atoms with E-state index < -0.39 is 6.10 Å². The molecular formula is C9H18O3. The first-order valence-electron chi connectivity index (χ1n) is 4.11. The van der Waals surface area contributed by atoms with Crippen molar-refractivity contribution in [2.24, 2.45) is 0 Å². The van der Waals surface area contributed by atoms with E-state index in [2.05, 4.69) is 6.58 Å². The van der Waals surface area contributed by atoms with Gasteiger partial charge in [0.15, 0.2) is 0 Å². The standard InChI is InChI=1S/C9H18O3/c1-8(2)6-11-4-5-12-7-9(3)10/h9-10H,1,4-7H2,2-3H3. The molecule has 0 saturated heterocycles. The lowest BCUT2D eigenvalue weighted by atomic mass is 10.4. The summed E-state index contributed by atoms with van der Waals surface area (Å²) in [7, 11) is 0. The molecule has 0 saturated carbocycles. The minimum atomic E-state index is -0.397. The van der Waals surface area contributed by atoms with Crippen LogP contribution in [-0.4, -0.2) is 37.6 Å². The predicted octanol–water partition coefficient (Wildman–Crippen LogP) is 0.976. The third-order valence-corrected chi connectivity index (χ3v) is 1.08. The van der Waals surface area contributed by atoms with Crippen molar-refractivity contribution in [1.29, 1.82) is 0 Å². The molecule has 0 aromatic rings. The van der Waals surface area contributed by atoms with Gasteiger partial charge in [-0.1, -0.05) is 12.2 Å². The maximum absolute atomic E-state index is 8.82. The zero-order chi connectivity index (χ0) is 9.40. The Morgan fingerprint density at radius 1 is 1.42 bits per heavy atom. The average molecular weight is 174 g/mol. The van der Waals surface area contributed by atoms with Crippen LogP contribution in [0.5, 0.6) is 0 Å². The van der Waals surface area contributed by atoms with E-state index >= 15 is 0 Å². The summed E-state index contributed by atoms with van der Waals surface area (Å²) in [5.74, 6) is 0. The summed E-state index contributed by atoms with van der Waals surface area (Å²) in [6.45, 7) is 9.33. The molecule has 72 valence electrons. The molecule has 1 N–H and O–H groups in total. The van der Waals surface area contributed by atoms with Gasteiger partial charge in [0.05, 0.1) is 32.5 Å². The summed E-state index contributed by atoms with van der Waals surface area (Å²) >= 11 is 0. The summed E-state index contributed by atoms with van der Waals surface area (Å²) in [4.78, 5) is 0. The molecule has 0 aromatic carbocycles. The molecule has 0 aliphatic carbocycles. The monoisotopic (exact) mass is 174 g/mol. The van der Waals surface area contributed by atoms with Crippen LogP contribution in [0.3, 0.4) is 0 Å². The Hall–Kier alpha value is -0.380. The summed E-state index contributed by atoms with van der Waals surface area (Å²) in [5.41, 5.74) is 1.01. The second-order valence-corrected chi connectivity index (χ2v) is 2.93. The van der Waals surface area contributed by atoms with Gasteiger partial charge in [-0.2, -0.15) is 0 Å². The smallest absolute Gasteiger partial charge is 0.0745 e. The normalized spacial score (nSPS) is 12.9. The number of aliphatic hydroxyl groups is 1. The number of aliphatic hydroxyl groups excluding tert-OH is 1. The molecule has 0 heterocycles. The van der Waals surface area contributed by atoms with Crippen molar-refractivity contribution in [2.45, 2.75) is 20.0 Å². The van der Waals surface area contributed by atoms with Crippen molar-refractivity contribution in [3.8, 4) is 0 Å². The van der Waals surface area contributed by atoms with Crippen LogP contribution in [0.1, 0.15) is 13.8 Å². The third-order valence-electron chi connectivity index (χ3n) is 1.08. The Morgan fingerprint density at radius 2 is 2.00 bits per heavy atom. The maximum Gasteiger partial charge on any atom is 0.0745 e. The highest BCUT2D eigenvalue weighted by atomic mass is 16.5. The van der Waals surface area contributed by atoms with Crippen molar-refractivity contribution in [1.82, 2.24) is 0 Å². The van der Waals surface area contributed by atoms with Gasteiger partial charge in [-0.05, 0) is 13.8 Å². The van der Waals surface area contributed by atoms with Crippen LogP contribution in [-0.2, 0) is 9.47 Å². The van der Waals surface area contributed by atoms with Gasteiger partial charge >= 0.3 is 0 Å². The zero-order valence-corrected chi connectivity index (χ0v) is 7.88. The number of ether oxygens (including phenoxy) is 2. The van der Waals surface area contributed by atoms with Gasteiger partial charge in [-0.3, -0.25) is 0 Å². The molecule has 1 unspecified atom stereocenters. The fourth-order valence-corrected chi connectivity index (χ4v) is 0.618. The molecule has 3 nitrogen and oxygen atoms in total. The number of hydrogen-bond donors (Lipinski definition) is 1. The Balaban J connectivity index is 2.96. The van der Waals surface area contributed by atoms with E-state index in [1.54, 1.807) is 6.92 Å². The minimum Gasteiger partial charge on any atom is -0.391 e. The quantitative estimate of drug-likeness (QED) is 0.462. The van der Waals surface area contributed by atoms with Gasteiger partial charge in [0.2, 0.25) is 0 Å². The molecular weight excluding hydrogens is 156 g/mol. The molecule has 12 heavy (non-hydrogen) atoms. The van der Waals surface area contributed by atoms with E-state index in [4.69, 9.17) is 14.6 Å². The average Bonchev–Trinajstić information content (AvgIpc) is 1.95. The molecule has 0 aliphatic rings. The van der Waals surface area contributed by atoms with Gasteiger partial charge in [-0.25, -0.2) is 0 Å². The number of hydrogen-bond acceptors (Lipinski definition) is 3. The van der Waals surface area contributed by atoms with E-state index in [9.17, 15) is 0 Å². The fraction of sp³-hybridized carbons (Fsp3) is 0.778. The van der Waals surface area contributed by atoms with E-state index in [1.807, 2.05) is 6.92 Å². The van der Waals surface area contributed by atoms with Gasteiger partial charge in [0, 0.05) is 0 Å². The first-order valence-corrected chi connectivity index (χ1v) is 4.11. The SMILES string of the molecule is C=C(C)COCCOCC(C)O. The fourth-order valence-electron chi connectivity index (χ4n) is 0.618. The Kier molecular flexibility index (Phi) is 7.05. The van der Waals surface area contributed by atoms with Gasteiger partial charge in [-0.15, -0.1) is 0 Å². The lowest BCUT2D eigenvalue weighted by Crippen LogP contribution is -2.13. The lowest BCUT2D eigenvalue weighted by Gasteiger charge is -2.06. The van der Waals surface area contributed by atoms with Crippen molar-refractivity contribution in [3.63, 3.8) is 0 Å². The van der Waals surface area contributed by atoms with Crippen molar-refractivity contribution in [3.05, 3.63) is 12.2 Å². The largest absolute Gasteiger partial charge is 0.391 e. The molecule has 0 aliphatic heterocycles. The van der Waals surface area contributed by atoms with E-state index in [1.165, 1.54) is 0 Å². The topological polar surface area (TPSA) is 38.7 Å². The minimum absolute atomic E-state index is 0.371. The molecule has 0 fully saturated rings. The molecule has 0 amide bonds. The highest BCUT2D eigenvalue weighted by molar-refractivity contribution is 4.87. The zero-order valence-electron chi connectivity index (χ0n) is 7.88. The van der Waals surface area contributed by atoms with E-state index in [0.717, 1.165) is 5.57 Å². The van der Waals surface area contributed by atoms with Crippen molar-refractivity contribution in [2.75, 3.05) is 26.4 Å². The summed E-state index contributed by atoms with van der Waals surface area (Å²) in [5, 5.41) is 8.82. The van der Waals surface area contributed by atoms with Crippen LogP contribution in [0.15, 0.2) is 12.2 Å². The molecule has 0 radical (unpaired) electrons. The molecule has 1 atom stereocenters. The summed E-state index contributed by atoms with van der Waals surface area (Å²) in [6.07, 6.45) is -0.397.